The molecule has 2 saturated heterocycles. The summed E-state index contributed by atoms with van der Waals surface area (Å²) in [5, 5.41) is -3.19. The number of Topliss-reactive ketones (excluding diaryl/α,β-unsaturated/α-hetero) is 1. The minimum atomic E-state index is -4.31. The van der Waals surface area contributed by atoms with Crippen molar-refractivity contribution in [1.29, 1.82) is 0 Å². The minimum absolute atomic E-state index is 0.0193. The van der Waals surface area contributed by atoms with Crippen LogP contribution >= 0.6 is 0 Å². The molecule has 2 heterocycles. The van der Waals surface area contributed by atoms with Crippen molar-refractivity contribution >= 4 is 31.4 Å². The second-order valence-electron chi connectivity index (χ2n) is 8.82. The maximum atomic E-state index is 14.0. The largest absolute Gasteiger partial charge is 0.327 e. The molecule has 0 aromatic heterocycles. The van der Waals surface area contributed by atoms with Crippen LogP contribution < -0.4 is 0 Å². The Balaban J connectivity index is 1.69. The first-order valence-corrected chi connectivity index (χ1v) is 14.3. The Kier molecular flexibility index (Phi) is 5.85. The zero-order chi connectivity index (χ0) is 24.8. The van der Waals surface area contributed by atoms with Gasteiger partial charge in [0.15, 0.2) is 25.5 Å². The van der Waals surface area contributed by atoms with Crippen LogP contribution in [0.4, 0.5) is 0 Å². The Bertz CT molecular complexity index is 1470. The summed E-state index contributed by atoms with van der Waals surface area (Å²) in [6, 6.07) is 22.6. The summed E-state index contributed by atoms with van der Waals surface area (Å²) in [5.41, 5.74) is 0.722. The van der Waals surface area contributed by atoms with Crippen LogP contribution in [0.2, 0.25) is 0 Å². The van der Waals surface area contributed by atoms with E-state index in [-0.39, 0.29) is 22.8 Å². The Hall–Kier alpha value is -3.30. The van der Waals surface area contributed by atoms with Crippen LogP contribution in [0, 0.1) is 5.92 Å². The molecule has 6 rings (SSSR count). The lowest BCUT2D eigenvalue weighted by atomic mass is 9.77. The molecule has 1 saturated carbocycles. The smallest absolute Gasteiger partial charge is 0.228 e. The number of benzene rings is 3. The monoisotopic (exact) mass is 509 g/mol. The SMILES string of the molecule is O=C1CC2C(=O)N(Cc3ccccc3)C1C(S(=O)(=O)c1ccccc1)C2S(=O)(=O)c1ccccc1. The Morgan fingerprint density at radius 1 is 0.657 bits per heavy atom. The third-order valence-electron chi connectivity index (χ3n) is 6.77. The Morgan fingerprint density at radius 2 is 1.11 bits per heavy atom. The normalized spacial score (nSPS) is 24.5. The van der Waals surface area contributed by atoms with Gasteiger partial charge < -0.3 is 4.90 Å². The molecule has 3 fully saturated rings. The fourth-order valence-corrected chi connectivity index (χ4v) is 10.1. The first kappa shape index (κ1) is 23.4. The fourth-order valence-electron chi connectivity index (χ4n) is 5.20. The van der Waals surface area contributed by atoms with Gasteiger partial charge in [-0.15, -0.1) is 0 Å². The summed E-state index contributed by atoms with van der Waals surface area (Å²) in [7, 11) is -8.57. The molecule has 3 aromatic carbocycles. The van der Waals surface area contributed by atoms with Crippen LogP contribution in [0.15, 0.2) is 101 Å². The van der Waals surface area contributed by atoms with Gasteiger partial charge in [-0.25, -0.2) is 16.8 Å². The molecule has 4 atom stereocenters. The van der Waals surface area contributed by atoms with Gasteiger partial charge in [0.25, 0.3) is 0 Å². The van der Waals surface area contributed by atoms with Crippen molar-refractivity contribution < 1.29 is 26.4 Å². The first-order valence-electron chi connectivity index (χ1n) is 11.2. The van der Waals surface area contributed by atoms with Crippen molar-refractivity contribution in [1.82, 2.24) is 4.90 Å². The third kappa shape index (κ3) is 3.88. The summed E-state index contributed by atoms with van der Waals surface area (Å²) in [4.78, 5) is 27.9. The number of piperidine rings is 2. The number of fused-ring (bicyclic) bond motifs is 3. The Morgan fingerprint density at radius 3 is 1.63 bits per heavy atom. The van der Waals surface area contributed by atoms with Gasteiger partial charge in [0.2, 0.25) is 5.91 Å². The van der Waals surface area contributed by atoms with E-state index in [0.29, 0.717) is 0 Å². The van der Waals surface area contributed by atoms with Gasteiger partial charge in [0.1, 0.15) is 11.3 Å². The molecule has 1 aliphatic carbocycles. The molecule has 180 valence electrons. The molecular weight excluding hydrogens is 486 g/mol. The van der Waals surface area contributed by atoms with Gasteiger partial charge in [-0.3, -0.25) is 9.59 Å². The van der Waals surface area contributed by atoms with Crippen molar-refractivity contribution in [3.63, 3.8) is 0 Å². The lowest BCUT2D eigenvalue weighted by molar-refractivity contribution is -0.155. The van der Waals surface area contributed by atoms with Gasteiger partial charge in [0, 0.05) is 13.0 Å². The van der Waals surface area contributed by atoms with Crippen LogP contribution in [0.3, 0.4) is 0 Å². The number of sulfone groups is 2. The van der Waals surface area contributed by atoms with Crippen LogP contribution in [0.25, 0.3) is 0 Å². The maximum absolute atomic E-state index is 14.0. The van der Waals surface area contributed by atoms with Gasteiger partial charge in [0.05, 0.1) is 21.0 Å². The van der Waals surface area contributed by atoms with Crippen LogP contribution in [0.1, 0.15) is 12.0 Å². The number of carbonyl (C=O) groups excluding carboxylic acids is 2. The second-order valence-corrected chi connectivity index (χ2v) is 13.0. The standard InChI is InChI=1S/C26H23NO6S2/c28-22-16-21-24(34(30,31)19-12-6-2-7-13-19)25(35(32,33)20-14-8-3-9-15-20)23(22)27(26(21)29)17-18-10-4-1-5-11-18/h1-15,21,23-25H,16-17H2. The fraction of sp³-hybridized carbons (Fsp3) is 0.231. The number of amides is 1. The lowest BCUT2D eigenvalue weighted by Crippen LogP contribution is -2.72. The zero-order valence-corrected chi connectivity index (χ0v) is 20.2. The molecule has 2 bridgehead atoms. The second kappa shape index (κ2) is 8.73. The van der Waals surface area contributed by atoms with Gasteiger partial charge in [-0.1, -0.05) is 66.7 Å². The lowest BCUT2D eigenvalue weighted by Gasteiger charge is -2.51. The predicted octanol–water partition coefficient (Wildman–Crippen LogP) is 2.67. The molecule has 0 spiro atoms. The molecule has 7 nitrogen and oxygen atoms in total. The third-order valence-corrected chi connectivity index (χ3v) is 11.4. The summed E-state index contributed by atoms with van der Waals surface area (Å²) in [5.74, 6) is -2.23. The molecule has 35 heavy (non-hydrogen) atoms. The summed E-state index contributed by atoms with van der Waals surface area (Å²) >= 11 is 0. The van der Waals surface area contributed by atoms with Crippen molar-refractivity contribution in [2.24, 2.45) is 5.92 Å². The summed E-state index contributed by atoms with van der Waals surface area (Å²) in [6.07, 6.45) is -0.299. The molecule has 3 aliphatic rings. The summed E-state index contributed by atoms with van der Waals surface area (Å²) < 4.78 is 55.6. The number of hydrogen-bond donors (Lipinski definition) is 0. The van der Waals surface area contributed by atoms with E-state index in [1.54, 1.807) is 60.7 Å². The van der Waals surface area contributed by atoms with Crippen molar-refractivity contribution in [2.75, 3.05) is 0 Å². The highest BCUT2D eigenvalue weighted by atomic mass is 32.2. The molecule has 2 aliphatic heterocycles. The number of hydrogen-bond acceptors (Lipinski definition) is 6. The zero-order valence-electron chi connectivity index (χ0n) is 18.6. The number of ketones is 1. The van der Waals surface area contributed by atoms with E-state index in [1.165, 1.54) is 29.2 Å². The topological polar surface area (TPSA) is 106 Å². The van der Waals surface area contributed by atoms with E-state index >= 15 is 0 Å². The highest BCUT2D eigenvalue weighted by Gasteiger charge is 2.64. The summed E-state index contributed by atoms with van der Waals surface area (Å²) in [6.45, 7) is 0.0193. The molecular formula is C26H23NO6S2. The molecule has 0 radical (unpaired) electrons. The Labute approximate surface area is 204 Å². The molecule has 9 heteroatoms. The highest BCUT2D eigenvalue weighted by Crippen LogP contribution is 2.45. The minimum Gasteiger partial charge on any atom is -0.327 e. The maximum Gasteiger partial charge on any atom is 0.228 e. The average Bonchev–Trinajstić information content (AvgIpc) is 2.87. The van der Waals surface area contributed by atoms with E-state index in [0.717, 1.165) is 5.56 Å². The molecule has 4 unspecified atom stereocenters. The number of nitrogens with zero attached hydrogens (tertiary/aromatic N) is 1. The van der Waals surface area contributed by atoms with Crippen molar-refractivity contribution in [2.45, 2.75) is 39.3 Å². The predicted molar refractivity (Wildman–Crippen MR) is 129 cm³/mol. The first-order chi connectivity index (χ1) is 16.7. The van der Waals surface area contributed by atoms with Gasteiger partial charge >= 0.3 is 0 Å². The quantitative estimate of drug-likeness (QED) is 0.506. The van der Waals surface area contributed by atoms with E-state index in [9.17, 15) is 26.4 Å². The van der Waals surface area contributed by atoms with Crippen LogP contribution in [-0.4, -0.2) is 50.0 Å². The number of carbonyl (C=O) groups is 2. The highest BCUT2D eigenvalue weighted by molar-refractivity contribution is 7.96. The average molecular weight is 510 g/mol. The molecule has 1 amide bonds. The molecule has 0 N–H and O–H groups in total. The van der Waals surface area contributed by atoms with E-state index in [2.05, 4.69) is 0 Å². The van der Waals surface area contributed by atoms with E-state index in [1.807, 2.05) is 6.07 Å². The number of rotatable bonds is 6. The van der Waals surface area contributed by atoms with E-state index < -0.39 is 53.8 Å². The van der Waals surface area contributed by atoms with Gasteiger partial charge in [-0.2, -0.15) is 0 Å². The van der Waals surface area contributed by atoms with Crippen molar-refractivity contribution in [3.05, 3.63) is 96.6 Å². The van der Waals surface area contributed by atoms with Crippen LogP contribution in [-0.2, 0) is 35.8 Å². The molecule has 3 aromatic rings. The van der Waals surface area contributed by atoms with Crippen LogP contribution in [0.5, 0.6) is 0 Å². The van der Waals surface area contributed by atoms with Gasteiger partial charge in [-0.05, 0) is 29.8 Å². The van der Waals surface area contributed by atoms with E-state index in [4.69, 9.17) is 0 Å². The van der Waals surface area contributed by atoms with Crippen molar-refractivity contribution in [3.8, 4) is 0 Å².